The summed E-state index contributed by atoms with van der Waals surface area (Å²) >= 11 is 0. The highest BCUT2D eigenvalue weighted by Gasteiger charge is 2.23. The van der Waals surface area contributed by atoms with Crippen LogP contribution in [0.1, 0.15) is 17.4 Å². The third kappa shape index (κ3) is 3.49. The molecule has 1 aliphatic heterocycles. The first-order chi connectivity index (χ1) is 10.7. The Morgan fingerprint density at radius 2 is 2.18 bits per heavy atom. The lowest BCUT2D eigenvalue weighted by Gasteiger charge is -2.32. The van der Waals surface area contributed by atoms with Gasteiger partial charge in [0, 0.05) is 37.6 Å². The normalized spacial score (nSPS) is 19.0. The summed E-state index contributed by atoms with van der Waals surface area (Å²) in [5, 5.41) is 0. The van der Waals surface area contributed by atoms with Gasteiger partial charge < -0.3 is 15.2 Å². The minimum absolute atomic E-state index is 0.0589. The zero-order valence-electron chi connectivity index (χ0n) is 12.5. The van der Waals surface area contributed by atoms with Crippen molar-refractivity contribution in [2.24, 2.45) is 0 Å². The van der Waals surface area contributed by atoms with E-state index in [0.717, 1.165) is 30.9 Å². The third-order valence-corrected chi connectivity index (χ3v) is 3.54. The summed E-state index contributed by atoms with van der Waals surface area (Å²) in [4.78, 5) is 14.9. The molecular weight excluding hydrogens is 282 g/mol. The minimum atomic E-state index is -0.0589. The second-order valence-electron chi connectivity index (χ2n) is 5.16. The summed E-state index contributed by atoms with van der Waals surface area (Å²) in [7, 11) is 1.56. The van der Waals surface area contributed by atoms with E-state index >= 15 is 0 Å². The van der Waals surface area contributed by atoms with Crippen molar-refractivity contribution in [3.05, 3.63) is 41.9 Å². The lowest BCUT2D eigenvalue weighted by atomic mass is 10.1. The van der Waals surface area contributed by atoms with Crippen molar-refractivity contribution in [1.82, 2.24) is 19.9 Å². The number of morpholine rings is 1. The molecule has 3 heterocycles. The predicted octanol–water partition coefficient (Wildman–Crippen LogP) is 1.04. The number of aromatic nitrogens is 3. The minimum Gasteiger partial charge on any atom is -0.467 e. The number of hydrogen-bond acceptors (Lipinski definition) is 7. The van der Waals surface area contributed by atoms with E-state index < -0.39 is 0 Å². The molecule has 3 rings (SSSR count). The zero-order valence-corrected chi connectivity index (χ0v) is 12.5. The van der Waals surface area contributed by atoms with Gasteiger partial charge in [-0.1, -0.05) is 6.07 Å². The fourth-order valence-electron chi connectivity index (χ4n) is 2.46. The molecule has 2 N–H and O–H groups in total. The van der Waals surface area contributed by atoms with Crippen molar-refractivity contribution < 1.29 is 9.47 Å². The molecule has 1 atom stereocenters. The van der Waals surface area contributed by atoms with Crippen molar-refractivity contribution >= 4 is 5.82 Å². The summed E-state index contributed by atoms with van der Waals surface area (Å²) in [5.41, 5.74) is 7.66. The summed E-state index contributed by atoms with van der Waals surface area (Å²) in [6.07, 6.45) is 3.51. The van der Waals surface area contributed by atoms with Crippen LogP contribution in [0.2, 0.25) is 0 Å². The van der Waals surface area contributed by atoms with E-state index in [2.05, 4.69) is 19.9 Å². The number of hydrogen-bond donors (Lipinski definition) is 1. The van der Waals surface area contributed by atoms with Crippen LogP contribution >= 0.6 is 0 Å². The predicted molar refractivity (Wildman–Crippen MR) is 81.2 cm³/mol. The number of methoxy groups -OCH3 is 1. The first-order valence-corrected chi connectivity index (χ1v) is 7.16. The monoisotopic (exact) mass is 301 g/mol. The van der Waals surface area contributed by atoms with Crippen LogP contribution in [-0.4, -0.2) is 46.7 Å². The third-order valence-electron chi connectivity index (χ3n) is 3.54. The first kappa shape index (κ1) is 14.7. The van der Waals surface area contributed by atoms with Crippen molar-refractivity contribution in [1.29, 1.82) is 0 Å². The fraction of sp³-hybridized carbons (Fsp3) is 0.400. The number of nitrogens with zero attached hydrogens (tertiary/aromatic N) is 4. The molecule has 0 radical (unpaired) electrons. The molecule has 0 bridgehead atoms. The SMILES string of the molecule is COc1ncc(CN2CCO[C@@H](c3cccc(N)n3)C2)cn1. The molecule has 1 fully saturated rings. The number of pyridine rings is 1. The highest BCUT2D eigenvalue weighted by Crippen LogP contribution is 2.22. The molecule has 1 aliphatic rings. The molecule has 0 aromatic carbocycles. The Bertz CT molecular complexity index is 620. The Balaban J connectivity index is 1.65. The van der Waals surface area contributed by atoms with Crippen molar-refractivity contribution in [2.75, 3.05) is 32.5 Å². The molecule has 0 saturated carbocycles. The smallest absolute Gasteiger partial charge is 0.316 e. The highest BCUT2D eigenvalue weighted by molar-refractivity contribution is 5.29. The van der Waals surface area contributed by atoms with Gasteiger partial charge in [-0.2, -0.15) is 0 Å². The van der Waals surface area contributed by atoms with Gasteiger partial charge in [-0.05, 0) is 12.1 Å². The topological polar surface area (TPSA) is 86.4 Å². The standard InChI is InChI=1S/C15H19N5O2/c1-21-15-17-7-11(8-18-15)9-20-5-6-22-13(10-20)12-3-2-4-14(16)19-12/h2-4,7-8,13H,5-6,9-10H2,1H3,(H2,16,19)/t13-/m1/s1. The second kappa shape index (κ2) is 6.67. The van der Waals surface area contributed by atoms with Crippen LogP contribution in [0.5, 0.6) is 6.01 Å². The van der Waals surface area contributed by atoms with E-state index in [1.165, 1.54) is 0 Å². The molecule has 0 unspecified atom stereocenters. The molecular formula is C15H19N5O2. The molecule has 0 spiro atoms. The van der Waals surface area contributed by atoms with E-state index in [1.807, 2.05) is 12.1 Å². The Morgan fingerprint density at radius 1 is 1.36 bits per heavy atom. The second-order valence-corrected chi connectivity index (χ2v) is 5.16. The zero-order chi connectivity index (χ0) is 15.4. The van der Waals surface area contributed by atoms with Crippen LogP contribution in [-0.2, 0) is 11.3 Å². The van der Waals surface area contributed by atoms with Crippen LogP contribution in [0, 0.1) is 0 Å². The van der Waals surface area contributed by atoms with Crippen LogP contribution in [0.4, 0.5) is 5.82 Å². The number of ether oxygens (including phenoxy) is 2. The van der Waals surface area contributed by atoms with Gasteiger partial charge in [0.2, 0.25) is 0 Å². The van der Waals surface area contributed by atoms with Gasteiger partial charge in [0.1, 0.15) is 11.9 Å². The van der Waals surface area contributed by atoms with Crippen molar-refractivity contribution in [3.63, 3.8) is 0 Å². The van der Waals surface area contributed by atoms with Crippen LogP contribution < -0.4 is 10.5 Å². The van der Waals surface area contributed by atoms with Crippen LogP contribution in [0.15, 0.2) is 30.6 Å². The molecule has 116 valence electrons. The Kier molecular flexibility index (Phi) is 4.45. The summed E-state index contributed by atoms with van der Waals surface area (Å²) in [5.74, 6) is 0.516. The number of nitrogen functional groups attached to an aromatic ring is 1. The summed E-state index contributed by atoms with van der Waals surface area (Å²) in [6, 6.07) is 6.00. The maximum absolute atomic E-state index is 5.81. The van der Waals surface area contributed by atoms with E-state index in [0.29, 0.717) is 18.4 Å². The van der Waals surface area contributed by atoms with E-state index in [9.17, 15) is 0 Å². The number of nitrogens with two attached hydrogens (primary N) is 1. The number of anilines is 1. The van der Waals surface area contributed by atoms with Crippen molar-refractivity contribution in [3.8, 4) is 6.01 Å². The molecule has 0 aliphatic carbocycles. The quantitative estimate of drug-likeness (QED) is 0.902. The molecule has 1 saturated heterocycles. The maximum Gasteiger partial charge on any atom is 0.316 e. The molecule has 0 amide bonds. The number of rotatable bonds is 4. The van der Waals surface area contributed by atoms with Gasteiger partial charge in [-0.25, -0.2) is 15.0 Å². The van der Waals surface area contributed by atoms with Gasteiger partial charge in [0.15, 0.2) is 0 Å². The Hall–Kier alpha value is -2.25. The van der Waals surface area contributed by atoms with Gasteiger partial charge in [0.25, 0.3) is 0 Å². The largest absolute Gasteiger partial charge is 0.467 e. The van der Waals surface area contributed by atoms with Crippen molar-refractivity contribution in [2.45, 2.75) is 12.6 Å². The highest BCUT2D eigenvalue weighted by atomic mass is 16.5. The molecule has 7 heteroatoms. The summed E-state index contributed by atoms with van der Waals surface area (Å²) < 4.78 is 10.8. The average molecular weight is 301 g/mol. The fourth-order valence-corrected chi connectivity index (χ4v) is 2.46. The Labute approximate surface area is 129 Å². The van der Waals surface area contributed by atoms with Gasteiger partial charge >= 0.3 is 6.01 Å². The summed E-state index contributed by atoms with van der Waals surface area (Å²) in [6.45, 7) is 3.07. The molecule has 2 aromatic heterocycles. The van der Waals surface area contributed by atoms with E-state index in [1.54, 1.807) is 25.6 Å². The average Bonchev–Trinajstić information content (AvgIpc) is 2.56. The lowest BCUT2D eigenvalue weighted by Crippen LogP contribution is -2.38. The van der Waals surface area contributed by atoms with E-state index in [-0.39, 0.29) is 6.10 Å². The van der Waals surface area contributed by atoms with Crippen LogP contribution in [0.25, 0.3) is 0 Å². The molecule has 2 aromatic rings. The van der Waals surface area contributed by atoms with Crippen LogP contribution in [0.3, 0.4) is 0 Å². The first-order valence-electron chi connectivity index (χ1n) is 7.16. The molecule has 22 heavy (non-hydrogen) atoms. The maximum atomic E-state index is 5.81. The van der Waals surface area contributed by atoms with Gasteiger partial charge in [-0.3, -0.25) is 4.90 Å². The Morgan fingerprint density at radius 3 is 2.91 bits per heavy atom. The molecule has 7 nitrogen and oxygen atoms in total. The van der Waals surface area contributed by atoms with Gasteiger partial charge in [0.05, 0.1) is 19.4 Å². The van der Waals surface area contributed by atoms with E-state index in [4.69, 9.17) is 15.2 Å². The van der Waals surface area contributed by atoms with Gasteiger partial charge in [-0.15, -0.1) is 0 Å². The lowest BCUT2D eigenvalue weighted by molar-refractivity contribution is -0.0349.